The Balaban J connectivity index is 1.62. The Hall–Kier alpha value is -3.09. The Bertz CT molecular complexity index is 1830. The zero-order chi connectivity index (χ0) is 63.1. The van der Waals surface area contributed by atoms with Crippen LogP contribution in [0, 0.1) is 0 Å². The fourth-order valence-corrected chi connectivity index (χ4v) is 11.0. The van der Waals surface area contributed by atoms with Gasteiger partial charge in [-0.1, -0.05) is 272 Å². The molecule has 2 saturated heterocycles. The van der Waals surface area contributed by atoms with Gasteiger partial charge in [0.15, 0.2) is 12.6 Å². The summed E-state index contributed by atoms with van der Waals surface area (Å²) < 4.78 is 22.8. The van der Waals surface area contributed by atoms with Crippen LogP contribution in [-0.2, 0) is 23.7 Å². The highest BCUT2D eigenvalue weighted by Crippen LogP contribution is 2.30. The molecule has 12 atom stereocenters. The van der Waals surface area contributed by atoms with Crippen molar-refractivity contribution in [3.05, 3.63) is 97.2 Å². The molecule has 2 fully saturated rings. The van der Waals surface area contributed by atoms with Gasteiger partial charge in [-0.25, -0.2) is 0 Å². The number of carbonyl (C=O) groups excluding carboxylic acids is 1. The Labute approximate surface area is 528 Å². The molecular weight excluding hydrogens is 1100 g/mol. The summed E-state index contributed by atoms with van der Waals surface area (Å²) in [5.74, 6) is -0.249. The van der Waals surface area contributed by atoms with Crippen molar-refractivity contribution in [2.45, 2.75) is 338 Å². The zero-order valence-corrected chi connectivity index (χ0v) is 54.5. The third-order valence-electron chi connectivity index (χ3n) is 16.5. The van der Waals surface area contributed by atoms with Crippen LogP contribution in [0.4, 0.5) is 0 Å². The topological polar surface area (TPSA) is 228 Å². The van der Waals surface area contributed by atoms with Crippen molar-refractivity contribution in [1.29, 1.82) is 0 Å². The molecule has 0 aromatic heterocycles. The molecule has 0 aromatic carbocycles. The molecule has 2 aliphatic heterocycles. The summed E-state index contributed by atoms with van der Waals surface area (Å²) in [6.07, 6.45) is 63.3. The first-order valence-electron chi connectivity index (χ1n) is 35.0. The maximum atomic E-state index is 13.3. The number of aliphatic hydroxyl groups excluding tert-OH is 8. The number of amides is 1. The Morgan fingerprint density at radius 1 is 0.425 bits per heavy atom. The van der Waals surface area contributed by atoms with Gasteiger partial charge in [0.05, 0.1) is 32.0 Å². The van der Waals surface area contributed by atoms with Crippen molar-refractivity contribution in [3.8, 4) is 0 Å². The smallest absolute Gasteiger partial charge is 0.220 e. The second kappa shape index (κ2) is 56.9. The average molecular weight is 1230 g/mol. The summed E-state index contributed by atoms with van der Waals surface area (Å²) >= 11 is 0. The van der Waals surface area contributed by atoms with Gasteiger partial charge in [0.2, 0.25) is 5.91 Å². The van der Waals surface area contributed by atoms with Gasteiger partial charge in [-0.3, -0.25) is 4.79 Å². The number of nitrogens with one attached hydrogen (secondary N) is 1. The molecule has 2 heterocycles. The van der Waals surface area contributed by atoms with Gasteiger partial charge >= 0.3 is 0 Å². The van der Waals surface area contributed by atoms with Crippen LogP contribution < -0.4 is 5.32 Å². The van der Waals surface area contributed by atoms with Crippen LogP contribution in [0.5, 0.6) is 0 Å². The lowest BCUT2D eigenvalue weighted by atomic mass is 9.97. The Kier molecular flexibility index (Phi) is 52.3. The summed E-state index contributed by atoms with van der Waals surface area (Å²) in [6.45, 7) is 2.67. The maximum Gasteiger partial charge on any atom is 0.220 e. The quantitative estimate of drug-likeness (QED) is 0.0204. The van der Waals surface area contributed by atoms with Crippen molar-refractivity contribution in [1.82, 2.24) is 5.32 Å². The lowest BCUT2D eigenvalue weighted by Crippen LogP contribution is -2.65. The van der Waals surface area contributed by atoms with Crippen molar-refractivity contribution >= 4 is 5.91 Å². The maximum absolute atomic E-state index is 13.3. The van der Waals surface area contributed by atoms with Gasteiger partial charge in [-0.05, 0) is 83.5 Å². The number of aliphatic hydroxyl groups is 8. The summed E-state index contributed by atoms with van der Waals surface area (Å²) in [6, 6.07) is -0.935. The normalized spacial score (nSPS) is 23.9. The van der Waals surface area contributed by atoms with E-state index in [4.69, 9.17) is 18.9 Å². The van der Waals surface area contributed by atoms with Crippen molar-refractivity contribution in [2.75, 3.05) is 19.8 Å². The highest BCUT2D eigenvalue weighted by atomic mass is 16.7. The lowest BCUT2D eigenvalue weighted by molar-refractivity contribution is -0.359. The molecule has 2 aliphatic rings. The van der Waals surface area contributed by atoms with Crippen LogP contribution >= 0.6 is 0 Å². The van der Waals surface area contributed by atoms with Gasteiger partial charge in [0.1, 0.15) is 48.8 Å². The third-order valence-corrected chi connectivity index (χ3v) is 16.5. The molecule has 0 aromatic rings. The number of ether oxygens (including phenoxy) is 4. The number of rotatable bonds is 56. The van der Waals surface area contributed by atoms with Gasteiger partial charge in [0.25, 0.3) is 0 Å². The van der Waals surface area contributed by atoms with E-state index in [-0.39, 0.29) is 18.9 Å². The predicted molar refractivity (Wildman–Crippen MR) is 355 cm³/mol. The molecule has 2 rings (SSSR count). The highest BCUT2D eigenvalue weighted by Gasteiger charge is 2.51. The summed E-state index contributed by atoms with van der Waals surface area (Å²) in [5, 5.41) is 87.3. The van der Waals surface area contributed by atoms with Crippen LogP contribution in [0.3, 0.4) is 0 Å². The van der Waals surface area contributed by atoms with Crippen LogP contribution in [0.2, 0.25) is 0 Å². The molecule has 87 heavy (non-hydrogen) atoms. The van der Waals surface area contributed by atoms with Crippen molar-refractivity contribution in [3.63, 3.8) is 0 Å². The largest absolute Gasteiger partial charge is 0.394 e. The molecule has 0 aliphatic carbocycles. The number of unbranched alkanes of at least 4 members (excludes halogenated alkanes) is 29. The third kappa shape index (κ3) is 41.1. The molecule has 14 heteroatoms. The average Bonchev–Trinajstić information content (AvgIpc) is 2.36. The number of carbonyl (C=O) groups is 1. The molecule has 0 saturated carbocycles. The minimum absolute atomic E-state index is 0.249. The minimum atomic E-state index is -1.79. The van der Waals surface area contributed by atoms with Crippen LogP contribution in [0.15, 0.2) is 97.2 Å². The van der Waals surface area contributed by atoms with Gasteiger partial charge < -0.3 is 65.1 Å². The number of hydrogen-bond acceptors (Lipinski definition) is 13. The molecule has 0 radical (unpaired) electrons. The lowest BCUT2D eigenvalue weighted by Gasteiger charge is -2.46. The van der Waals surface area contributed by atoms with E-state index < -0.39 is 86.8 Å². The first-order valence-corrected chi connectivity index (χ1v) is 35.0. The number of allylic oxidation sites excluding steroid dienone is 15. The summed E-state index contributed by atoms with van der Waals surface area (Å²) in [7, 11) is 0. The van der Waals surface area contributed by atoms with Gasteiger partial charge in [-0.15, -0.1) is 0 Å². The van der Waals surface area contributed by atoms with Gasteiger partial charge in [-0.2, -0.15) is 0 Å². The molecule has 12 unspecified atom stereocenters. The minimum Gasteiger partial charge on any atom is -0.394 e. The first kappa shape index (κ1) is 80.0. The van der Waals surface area contributed by atoms with Crippen molar-refractivity contribution in [2.24, 2.45) is 0 Å². The van der Waals surface area contributed by atoms with Crippen LogP contribution in [0.25, 0.3) is 0 Å². The van der Waals surface area contributed by atoms with Crippen LogP contribution in [0.1, 0.15) is 264 Å². The zero-order valence-electron chi connectivity index (χ0n) is 54.5. The number of hydrogen-bond donors (Lipinski definition) is 9. The van der Waals surface area contributed by atoms with E-state index in [1.165, 1.54) is 161 Å². The fraction of sp³-hybridized carbons (Fsp3) is 0.767. The van der Waals surface area contributed by atoms with Gasteiger partial charge in [0, 0.05) is 6.42 Å². The second-order valence-electron chi connectivity index (χ2n) is 24.3. The standard InChI is InChI=1S/C73H127NO13/c1-3-5-7-9-11-13-15-17-19-21-22-23-24-25-26-27-28-29-30-31-32-33-34-35-36-37-38-39-40-41-43-45-47-49-51-53-55-57-65(78)74-61(62(77)56-54-52-50-48-46-44-42-20-18-16-14-12-10-8-6-4-2)60-84-72-70(83)68(81)71(64(59-76)86-72)87-73-69(82)67(80)66(79)63(58-75)85-73/h5,7,11,13,17,19,22-23,25-26,28-29,46,48,54,56,61-64,66-73,75-77,79-83H,3-4,6,8-10,12,14-16,18,20-21,24,27,30-45,47,49-53,55,57-60H2,1-2H3,(H,74,78)/b7-5-,13-11-,19-17-,23-22-,26-25-,29-28-,48-46+,56-54+. The monoisotopic (exact) mass is 1230 g/mol. The van der Waals surface area contributed by atoms with E-state index in [0.717, 1.165) is 70.6 Å². The molecule has 14 nitrogen and oxygen atoms in total. The second-order valence-corrected chi connectivity index (χ2v) is 24.3. The molecule has 0 spiro atoms. The summed E-state index contributed by atoms with van der Waals surface area (Å²) in [4.78, 5) is 13.3. The molecule has 502 valence electrons. The van der Waals surface area contributed by atoms with E-state index in [1.54, 1.807) is 6.08 Å². The van der Waals surface area contributed by atoms with E-state index in [1.807, 2.05) is 6.08 Å². The van der Waals surface area contributed by atoms with E-state index in [0.29, 0.717) is 12.8 Å². The Morgan fingerprint density at radius 3 is 1.26 bits per heavy atom. The van der Waals surface area contributed by atoms with E-state index in [9.17, 15) is 45.6 Å². The first-order chi connectivity index (χ1) is 42.6. The van der Waals surface area contributed by atoms with E-state index in [2.05, 4.69) is 104 Å². The predicted octanol–water partition coefficient (Wildman–Crippen LogP) is 14.2. The van der Waals surface area contributed by atoms with Crippen molar-refractivity contribution < 1.29 is 64.6 Å². The molecule has 0 bridgehead atoms. The Morgan fingerprint density at radius 2 is 0.805 bits per heavy atom. The summed E-state index contributed by atoms with van der Waals surface area (Å²) in [5.41, 5.74) is 0. The highest BCUT2D eigenvalue weighted by molar-refractivity contribution is 5.76. The molecule has 9 N–H and O–H groups in total. The SMILES string of the molecule is CC/C=C\C/C=C\C/C=C\C/C=C\C/C=C\C/C=C\CCCCCCCCCCCCCCCCCCCCC(=O)NC(COC1OC(CO)C(OC2OC(CO)C(O)C(O)C2O)C(O)C1O)C(O)/C=C/CC/C=C/CCCCCCCCCCCC. The molecular formula is C73H127NO13. The fourth-order valence-electron chi connectivity index (χ4n) is 11.0. The molecule has 1 amide bonds. The van der Waals surface area contributed by atoms with E-state index >= 15 is 0 Å². The van der Waals surface area contributed by atoms with Crippen LogP contribution in [-0.4, -0.2) is 140 Å².